The number of aliphatic hydroxyl groups is 7. The fraction of sp³-hybridized carbons (Fsp3) is 0.941. The molecular weight excluding hydrogens is 787 g/mol. The van der Waals surface area contributed by atoms with Gasteiger partial charge in [0.25, 0.3) is 0 Å². The van der Waals surface area contributed by atoms with Gasteiger partial charge in [0.15, 0.2) is 6.29 Å². The zero-order chi connectivity index (χ0) is 45.5. The van der Waals surface area contributed by atoms with E-state index in [1.165, 1.54) is 154 Å². The van der Waals surface area contributed by atoms with Crippen molar-refractivity contribution in [3.8, 4) is 0 Å². The van der Waals surface area contributed by atoms with E-state index in [0.29, 0.717) is 19.3 Å². The first-order valence-corrected chi connectivity index (χ1v) is 26.1. The van der Waals surface area contributed by atoms with Gasteiger partial charge in [-0.05, 0) is 38.5 Å². The number of nitrogens with one attached hydrogen (secondary N) is 1. The van der Waals surface area contributed by atoms with Crippen LogP contribution in [0.15, 0.2) is 12.2 Å². The summed E-state index contributed by atoms with van der Waals surface area (Å²) in [7, 11) is 0. The van der Waals surface area contributed by atoms with Crippen LogP contribution in [0.2, 0.25) is 0 Å². The van der Waals surface area contributed by atoms with Crippen molar-refractivity contribution in [1.29, 1.82) is 0 Å². The largest absolute Gasteiger partial charge is 0.394 e. The van der Waals surface area contributed by atoms with Gasteiger partial charge in [0.1, 0.15) is 36.6 Å². The Morgan fingerprint density at radius 1 is 0.548 bits per heavy atom. The molecule has 1 saturated heterocycles. The maximum atomic E-state index is 13.0. The van der Waals surface area contributed by atoms with E-state index in [1.807, 2.05) is 0 Å². The normalized spacial score (nSPS) is 21.3. The fourth-order valence-corrected chi connectivity index (χ4v) is 8.50. The molecule has 0 aromatic carbocycles. The van der Waals surface area contributed by atoms with Crippen LogP contribution < -0.4 is 5.32 Å². The molecular formula is C51H99NO10. The lowest BCUT2D eigenvalue weighted by atomic mass is 9.98. The van der Waals surface area contributed by atoms with Gasteiger partial charge in [0.05, 0.1) is 25.4 Å². The van der Waals surface area contributed by atoms with Gasteiger partial charge < -0.3 is 50.5 Å². The number of unbranched alkanes of at least 4 members (excludes halogenated alkanes) is 30. The van der Waals surface area contributed by atoms with Crippen LogP contribution in [0.1, 0.15) is 239 Å². The molecule has 0 spiro atoms. The quantitative estimate of drug-likeness (QED) is 0.0216. The smallest absolute Gasteiger partial charge is 0.249 e. The van der Waals surface area contributed by atoms with Crippen molar-refractivity contribution >= 4 is 5.91 Å². The van der Waals surface area contributed by atoms with Gasteiger partial charge in [-0.2, -0.15) is 0 Å². The summed E-state index contributed by atoms with van der Waals surface area (Å²) in [5, 5.41) is 75.1. The summed E-state index contributed by atoms with van der Waals surface area (Å²) in [6.45, 7) is 3.34. The first-order chi connectivity index (χ1) is 30.2. The molecule has 11 heteroatoms. The van der Waals surface area contributed by atoms with Crippen LogP contribution in [0.4, 0.5) is 0 Å². The SMILES string of the molecule is CCCCCCCCCCCCCC/C=C\CCCCCCCCCCCCCCCCC(O)C(=O)NC(COC1OC(CO)C(O)C(O)C1O)C(O)C(O)CCCCCCC. The summed E-state index contributed by atoms with van der Waals surface area (Å²) >= 11 is 0. The second-order valence-corrected chi connectivity index (χ2v) is 18.6. The molecule has 0 aromatic heterocycles. The molecule has 0 aromatic rings. The van der Waals surface area contributed by atoms with E-state index in [2.05, 4.69) is 31.3 Å². The molecule has 1 heterocycles. The predicted octanol–water partition coefficient (Wildman–Crippen LogP) is 9.62. The van der Waals surface area contributed by atoms with E-state index >= 15 is 0 Å². The Morgan fingerprint density at radius 3 is 1.35 bits per heavy atom. The summed E-state index contributed by atoms with van der Waals surface area (Å²) in [5.41, 5.74) is 0. The van der Waals surface area contributed by atoms with Crippen molar-refractivity contribution in [2.24, 2.45) is 0 Å². The number of hydrogen-bond acceptors (Lipinski definition) is 10. The van der Waals surface area contributed by atoms with Crippen molar-refractivity contribution in [3.05, 3.63) is 12.2 Å². The molecule has 0 radical (unpaired) electrons. The Kier molecular flexibility index (Phi) is 39.2. The molecule has 11 nitrogen and oxygen atoms in total. The molecule has 62 heavy (non-hydrogen) atoms. The van der Waals surface area contributed by atoms with E-state index in [1.54, 1.807) is 0 Å². The zero-order valence-corrected chi connectivity index (χ0v) is 39.9. The van der Waals surface area contributed by atoms with Crippen LogP contribution in [0, 0.1) is 0 Å². The van der Waals surface area contributed by atoms with Crippen molar-refractivity contribution in [1.82, 2.24) is 5.32 Å². The number of amides is 1. The van der Waals surface area contributed by atoms with Crippen molar-refractivity contribution < 1.29 is 50.0 Å². The average Bonchev–Trinajstić information content (AvgIpc) is 3.27. The van der Waals surface area contributed by atoms with E-state index in [4.69, 9.17) is 9.47 Å². The van der Waals surface area contributed by atoms with Gasteiger partial charge in [0, 0.05) is 0 Å². The second-order valence-electron chi connectivity index (χ2n) is 18.6. The highest BCUT2D eigenvalue weighted by molar-refractivity contribution is 5.80. The molecule has 1 rings (SSSR count). The molecule has 0 bridgehead atoms. The lowest BCUT2D eigenvalue weighted by Gasteiger charge is -2.40. The van der Waals surface area contributed by atoms with Gasteiger partial charge in [-0.3, -0.25) is 4.79 Å². The Labute approximate surface area is 379 Å². The number of rotatable bonds is 44. The van der Waals surface area contributed by atoms with Gasteiger partial charge in [-0.15, -0.1) is 0 Å². The van der Waals surface area contributed by atoms with Gasteiger partial charge >= 0.3 is 0 Å². The minimum Gasteiger partial charge on any atom is -0.394 e. The summed E-state index contributed by atoms with van der Waals surface area (Å²) in [6, 6.07) is -1.16. The molecule has 0 aliphatic carbocycles. The van der Waals surface area contributed by atoms with Crippen LogP contribution in [0.3, 0.4) is 0 Å². The van der Waals surface area contributed by atoms with Crippen LogP contribution in [0.5, 0.6) is 0 Å². The Morgan fingerprint density at radius 2 is 0.935 bits per heavy atom. The Hall–Kier alpha value is -1.15. The van der Waals surface area contributed by atoms with E-state index in [0.717, 1.165) is 44.9 Å². The number of hydrogen-bond donors (Lipinski definition) is 8. The second kappa shape index (κ2) is 41.3. The van der Waals surface area contributed by atoms with Crippen LogP contribution in [-0.2, 0) is 14.3 Å². The molecule has 9 atom stereocenters. The maximum absolute atomic E-state index is 13.0. The maximum Gasteiger partial charge on any atom is 0.249 e. The summed E-state index contributed by atoms with van der Waals surface area (Å²) in [6.07, 6.45) is 35.0. The van der Waals surface area contributed by atoms with Crippen molar-refractivity contribution in [2.45, 2.75) is 294 Å². The molecule has 1 amide bonds. The molecule has 9 unspecified atom stereocenters. The molecule has 368 valence electrons. The lowest BCUT2D eigenvalue weighted by molar-refractivity contribution is -0.303. The van der Waals surface area contributed by atoms with Crippen LogP contribution in [0.25, 0.3) is 0 Å². The standard InChI is InChI=1S/C51H99NO10/c1-3-5-7-9-10-11-12-13-14-15-16-17-18-19-20-21-22-23-24-25-26-27-28-29-30-31-32-33-35-37-39-44(55)50(60)52-42(46(56)43(54)38-36-34-8-6-4-2)41-61-51-49(59)48(58)47(57)45(40-53)62-51/h19-20,42-49,51,53-59H,3-18,21-41H2,1-2H3,(H,52,60)/b20-19-. The molecule has 1 fully saturated rings. The van der Waals surface area contributed by atoms with Crippen molar-refractivity contribution in [3.63, 3.8) is 0 Å². The minimum absolute atomic E-state index is 0.262. The van der Waals surface area contributed by atoms with Gasteiger partial charge in [-0.25, -0.2) is 0 Å². The van der Waals surface area contributed by atoms with E-state index in [9.17, 15) is 40.5 Å². The highest BCUT2D eigenvalue weighted by Gasteiger charge is 2.44. The topological polar surface area (TPSA) is 189 Å². The number of carbonyl (C=O) groups excluding carboxylic acids is 1. The lowest BCUT2D eigenvalue weighted by Crippen LogP contribution is -2.60. The fourth-order valence-electron chi connectivity index (χ4n) is 8.50. The third-order valence-corrected chi connectivity index (χ3v) is 12.8. The predicted molar refractivity (Wildman–Crippen MR) is 252 cm³/mol. The average molecular weight is 886 g/mol. The molecule has 8 N–H and O–H groups in total. The molecule has 1 aliphatic rings. The third-order valence-electron chi connectivity index (χ3n) is 12.8. The van der Waals surface area contributed by atoms with Crippen molar-refractivity contribution in [2.75, 3.05) is 13.2 Å². The van der Waals surface area contributed by atoms with Gasteiger partial charge in [0.2, 0.25) is 5.91 Å². The van der Waals surface area contributed by atoms with Gasteiger partial charge in [-0.1, -0.05) is 212 Å². The highest BCUT2D eigenvalue weighted by Crippen LogP contribution is 2.23. The Balaban J connectivity index is 2.12. The number of aliphatic hydroxyl groups excluding tert-OH is 7. The van der Waals surface area contributed by atoms with E-state index < -0.39 is 74.2 Å². The number of allylic oxidation sites excluding steroid dienone is 2. The monoisotopic (exact) mass is 886 g/mol. The first kappa shape index (κ1) is 58.9. The summed E-state index contributed by atoms with van der Waals surface area (Å²) in [4.78, 5) is 13.0. The summed E-state index contributed by atoms with van der Waals surface area (Å²) in [5.74, 6) is -0.700. The zero-order valence-electron chi connectivity index (χ0n) is 39.9. The first-order valence-electron chi connectivity index (χ1n) is 26.1. The highest BCUT2D eigenvalue weighted by atomic mass is 16.7. The number of carbonyl (C=O) groups is 1. The van der Waals surface area contributed by atoms with E-state index in [-0.39, 0.29) is 6.42 Å². The minimum atomic E-state index is -1.66. The third kappa shape index (κ3) is 30.1. The summed E-state index contributed by atoms with van der Waals surface area (Å²) < 4.78 is 11.0. The molecule has 1 aliphatic heterocycles. The number of ether oxygens (including phenoxy) is 2. The van der Waals surface area contributed by atoms with Crippen LogP contribution in [-0.4, -0.2) is 110 Å². The Bertz CT molecular complexity index is 1020. The molecule has 0 saturated carbocycles. The van der Waals surface area contributed by atoms with Crippen LogP contribution >= 0.6 is 0 Å².